The van der Waals surface area contributed by atoms with Gasteiger partial charge in [0, 0.05) is 24.3 Å². The minimum Gasteiger partial charge on any atom is -0.368 e. The first-order valence-corrected chi connectivity index (χ1v) is 6.45. The number of benzene rings is 1. The van der Waals surface area contributed by atoms with Gasteiger partial charge in [0.1, 0.15) is 0 Å². The third kappa shape index (κ3) is 1.71. The van der Waals surface area contributed by atoms with Gasteiger partial charge in [-0.15, -0.1) is 0 Å². The van der Waals surface area contributed by atoms with Crippen LogP contribution in [0.25, 0.3) is 0 Å². The molecule has 0 bridgehead atoms. The van der Waals surface area contributed by atoms with Crippen LogP contribution in [0.1, 0.15) is 31.2 Å². The molecular formula is C14H20N2. The zero-order chi connectivity index (χ0) is 11.0. The highest BCUT2D eigenvalue weighted by atomic mass is 15.2. The number of fused-ring (bicyclic) bond motifs is 1. The lowest BCUT2D eigenvalue weighted by Crippen LogP contribution is -2.41. The van der Waals surface area contributed by atoms with Crippen molar-refractivity contribution >= 4 is 5.69 Å². The summed E-state index contributed by atoms with van der Waals surface area (Å²) in [5.74, 6) is 0. The van der Waals surface area contributed by atoms with Gasteiger partial charge in [-0.3, -0.25) is 0 Å². The van der Waals surface area contributed by atoms with Crippen molar-refractivity contribution in [3.05, 3.63) is 29.8 Å². The summed E-state index contributed by atoms with van der Waals surface area (Å²) in [6.45, 7) is 1.19. The molecule has 2 heteroatoms. The maximum absolute atomic E-state index is 6.09. The van der Waals surface area contributed by atoms with Crippen LogP contribution in [0.3, 0.4) is 0 Å². The molecule has 2 atom stereocenters. The molecule has 2 nitrogen and oxygen atoms in total. The first-order chi connectivity index (χ1) is 7.84. The van der Waals surface area contributed by atoms with E-state index in [4.69, 9.17) is 5.73 Å². The van der Waals surface area contributed by atoms with E-state index in [2.05, 4.69) is 29.2 Å². The molecule has 0 aromatic heterocycles. The van der Waals surface area contributed by atoms with Crippen LogP contribution in [0.4, 0.5) is 5.69 Å². The average Bonchev–Trinajstić information content (AvgIpc) is 2.72. The first-order valence-electron chi connectivity index (χ1n) is 6.45. The highest BCUT2D eigenvalue weighted by Gasteiger charge is 2.29. The van der Waals surface area contributed by atoms with Crippen LogP contribution in [-0.2, 0) is 6.42 Å². The summed E-state index contributed by atoms with van der Waals surface area (Å²) in [5, 5.41) is 0. The van der Waals surface area contributed by atoms with Crippen molar-refractivity contribution in [3.8, 4) is 0 Å². The zero-order valence-corrected chi connectivity index (χ0v) is 9.73. The topological polar surface area (TPSA) is 29.3 Å². The van der Waals surface area contributed by atoms with E-state index in [0.717, 1.165) is 0 Å². The molecule has 1 aromatic carbocycles. The van der Waals surface area contributed by atoms with Gasteiger partial charge in [0.15, 0.2) is 0 Å². The molecule has 3 rings (SSSR count). The van der Waals surface area contributed by atoms with E-state index in [1.807, 2.05) is 0 Å². The summed E-state index contributed by atoms with van der Waals surface area (Å²) in [6.07, 6.45) is 6.22. The highest BCUT2D eigenvalue weighted by Crippen LogP contribution is 2.33. The second-order valence-electron chi connectivity index (χ2n) is 5.15. The van der Waals surface area contributed by atoms with Crippen molar-refractivity contribution in [2.75, 3.05) is 11.4 Å². The van der Waals surface area contributed by atoms with Crippen LogP contribution in [0.15, 0.2) is 24.3 Å². The molecule has 0 radical (unpaired) electrons. The molecule has 2 unspecified atom stereocenters. The Morgan fingerprint density at radius 1 is 1.19 bits per heavy atom. The molecule has 1 heterocycles. The third-order valence-electron chi connectivity index (χ3n) is 4.05. The van der Waals surface area contributed by atoms with Gasteiger partial charge in [0.25, 0.3) is 0 Å². The molecule has 1 saturated carbocycles. The van der Waals surface area contributed by atoms with Gasteiger partial charge in [-0.2, -0.15) is 0 Å². The van der Waals surface area contributed by atoms with Crippen molar-refractivity contribution < 1.29 is 0 Å². The van der Waals surface area contributed by atoms with Crippen molar-refractivity contribution in [2.24, 2.45) is 5.73 Å². The lowest BCUT2D eigenvalue weighted by molar-refractivity contribution is 0.377. The lowest BCUT2D eigenvalue weighted by atomic mass is 9.90. The summed E-state index contributed by atoms with van der Waals surface area (Å²) in [7, 11) is 0. The average molecular weight is 216 g/mol. The Kier molecular flexibility index (Phi) is 2.60. The van der Waals surface area contributed by atoms with Crippen molar-refractivity contribution in [3.63, 3.8) is 0 Å². The fraction of sp³-hybridized carbons (Fsp3) is 0.571. The van der Waals surface area contributed by atoms with Crippen LogP contribution in [0.5, 0.6) is 0 Å². The Labute approximate surface area is 97.4 Å². The Bertz CT molecular complexity index is 375. The number of para-hydroxylation sites is 1. The monoisotopic (exact) mass is 216 g/mol. The van der Waals surface area contributed by atoms with E-state index < -0.39 is 0 Å². The molecule has 1 fully saturated rings. The Hall–Kier alpha value is -1.02. The third-order valence-corrected chi connectivity index (χ3v) is 4.05. The fourth-order valence-corrected chi connectivity index (χ4v) is 3.23. The number of hydrogen-bond acceptors (Lipinski definition) is 2. The lowest BCUT2D eigenvalue weighted by Gasteiger charge is -2.35. The van der Waals surface area contributed by atoms with E-state index in [1.165, 1.54) is 49.9 Å². The predicted octanol–water partition coefficient (Wildman–Crippen LogP) is 2.32. The Balaban J connectivity index is 1.81. The molecule has 1 aliphatic heterocycles. The number of nitrogens with zero attached hydrogens (tertiary/aromatic N) is 1. The maximum atomic E-state index is 6.09. The van der Waals surface area contributed by atoms with Gasteiger partial charge in [0.05, 0.1) is 0 Å². The molecule has 86 valence electrons. The summed E-state index contributed by atoms with van der Waals surface area (Å²) in [5.41, 5.74) is 9.06. The molecule has 16 heavy (non-hydrogen) atoms. The SMILES string of the molecule is NC1CCCC(N2CCc3ccccc32)C1. The smallest absolute Gasteiger partial charge is 0.0402 e. The maximum Gasteiger partial charge on any atom is 0.0402 e. The molecule has 1 aliphatic carbocycles. The van der Waals surface area contributed by atoms with Crippen molar-refractivity contribution in [1.82, 2.24) is 0 Å². The van der Waals surface area contributed by atoms with Gasteiger partial charge in [0.2, 0.25) is 0 Å². The van der Waals surface area contributed by atoms with Crippen LogP contribution in [-0.4, -0.2) is 18.6 Å². The van der Waals surface area contributed by atoms with Gasteiger partial charge < -0.3 is 10.6 Å². The molecule has 0 amide bonds. The van der Waals surface area contributed by atoms with Gasteiger partial charge in [-0.25, -0.2) is 0 Å². The first kappa shape index (κ1) is 10.2. The fourth-order valence-electron chi connectivity index (χ4n) is 3.23. The van der Waals surface area contributed by atoms with Crippen LogP contribution in [0.2, 0.25) is 0 Å². The molecule has 0 spiro atoms. The molecular weight excluding hydrogens is 196 g/mol. The predicted molar refractivity (Wildman–Crippen MR) is 67.7 cm³/mol. The summed E-state index contributed by atoms with van der Waals surface area (Å²) in [6, 6.07) is 9.94. The van der Waals surface area contributed by atoms with Crippen molar-refractivity contribution in [2.45, 2.75) is 44.2 Å². The minimum absolute atomic E-state index is 0.423. The van der Waals surface area contributed by atoms with E-state index >= 15 is 0 Å². The number of rotatable bonds is 1. The standard InChI is InChI=1S/C14H20N2/c15-12-5-3-6-13(10-12)16-9-8-11-4-1-2-7-14(11)16/h1-2,4,7,12-13H,3,5-6,8-10,15H2. The van der Waals surface area contributed by atoms with Crippen molar-refractivity contribution in [1.29, 1.82) is 0 Å². The Morgan fingerprint density at radius 2 is 2.06 bits per heavy atom. The summed E-state index contributed by atoms with van der Waals surface area (Å²) >= 11 is 0. The van der Waals surface area contributed by atoms with E-state index in [9.17, 15) is 0 Å². The molecule has 0 saturated heterocycles. The van der Waals surface area contributed by atoms with Crippen LogP contribution in [0, 0.1) is 0 Å². The normalized spacial score (nSPS) is 29.2. The largest absolute Gasteiger partial charge is 0.368 e. The molecule has 1 aromatic rings. The van der Waals surface area contributed by atoms with E-state index in [1.54, 1.807) is 0 Å². The van der Waals surface area contributed by atoms with Gasteiger partial charge >= 0.3 is 0 Å². The van der Waals surface area contributed by atoms with Gasteiger partial charge in [-0.1, -0.05) is 18.2 Å². The quantitative estimate of drug-likeness (QED) is 0.780. The number of hydrogen-bond donors (Lipinski definition) is 1. The highest BCUT2D eigenvalue weighted by molar-refractivity contribution is 5.58. The number of nitrogens with two attached hydrogens (primary N) is 1. The second kappa shape index (κ2) is 4.10. The second-order valence-corrected chi connectivity index (χ2v) is 5.15. The number of anilines is 1. The van der Waals surface area contributed by atoms with E-state index in [0.29, 0.717) is 12.1 Å². The summed E-state index contributed by atoms with van der Waals surface area (Å²) < 4.78 is 0. The molecule has 2 N–H and O–H groups in total. The molecule has 2 aliphatic rings. The van der Waals surface area contributed by atoms with Crippen LogP contribution < -0.4 is 10.6 Å². The minimum atomic E-state index is 0.423. The summed E-state index contributed by atoms with van der Waals surface area (Å²) in [4.78, 5) is 2.59. The van der Waals surface area contributed by atoms with E-state index in [-0.39, 0.29) is 0 Å². The zero-order valence-electron chi connectivity index (χ0n) is 9.73. The van der Waals surface area contributed by atoms with Crippen LogP contribution >= 0.6 is 0 Å². The van der Waals surface area contributed by atoms with Gasteiger partial charge in [-0.05, 0) is 43.7 Å². The Morgan fingerprint density at radius 3 is 2.94 bits per heavy atom.